The molecular weight excluding hydrogens is 417 g/mol. The van der Waals surface area contributed by atoms with E-state index in [0.717, 1.165) is 25.7 Å². The number of carbonyl (C=O) groups excluding carboxylic acids is 1. The van der Waals surface area contributed by atoms with Gasteiger partial charge in [-0.05, 0) is 39.5 Å². The van der Waals surface area contributed by atoms with Crippen LogP contribution in [-0.2, 0) is 6.54 Å². The summed E-state index contributed by atoms with van der Waals surface area (Å²) in [5.41, 5.74) is 0.599. The summed E-state index contributed by atoms with van der Waals surface area (Å²) < 4.78 is 20.2. The minimum Gasteiger partial charge on any atom is -0.505 e. The SMILES string of the molecule is CCOc1cc(O)c(F)c(N2Cc3cnc(NC4CCC(O)CC4)nc3N(CC)C2=O)c1. The quantitative estimate of drug-likeness (QED) is 0.625. The zero-order valence-corrected chi connectivity index (χ0v) is 18.2. The fraction of sp³-hybridized carbons (Fsp3) is 0.500. The predicted octanol–water partition coefficient (Wildman–Crippen LogP) is 3.40. The number of aromatic hydroxyl groups is 1. The molecule has 9 nitrogen and oxygen atoms in total. The first kappa shape index (κ1) is 22.1. The molecule has 10 heteroatoms. The second-order valence-electron chi connectivity index (χ2n) is 8.01. The first-order chi connectivity index (χ1) is 15.4. The standard InChI is InChI=1S/C22H28FN5O4/c1-3-27-20-13(11-24-21(26-20)25-14-5-7-15(29)8-6-14)12-28(22(27)31)17-9-16(32-4-2)10-18(30)19(17)23/h9-11,14-15,29-30H,3-8,12H2,1-2H3,(H,24,25,26). The van der Waals surface area contributed by atoms with Crippen LogP contribution in [0.4, 0.5) is 26.6 Å². The molecule has 1 fully saturated rings. The average Bonchev–Trinajstić information content (AvgIpc) is 2.78. The molecule has 0 saturated heterocycles. The van der Waals surface area contributed by atoms with Gasteiger partial charge in [-0.1, -0.05) is 0 Å². The van der Waals surface area contributed by atoms with Gasteiger partial charge >= 0.3 is 6.03 Å². The van der Waals surface area contributed by atoms with E-state index in [0.29, 0.717) is 30.5 Å². The van der Waals surface area contributed by atoms with Crippen molar-refractivity contribution >= 4 is 23.5 Å². The molecule has 1 aromatic heterocycles. The van der Waals surface area contributed by atoms with Gasteiger partial charge in [0.15, 0.2) is 11.6 Å². The van der Waals surface area contributed by atoms with Crippen LogP contribution in [0.25, 0.3) is 0 Å². The second-order valence-corrected chi connectivity index (χ2v) is 8.01. The smallest absolute Gasteiger partial charge is 0.330 e. The van der Waals surface area contributed by atoms with E-state index in [1.165, 1.54) is 21.9 Å². The minimum atomic E-state index is -0.889. The monoisotopic (exact) mass is 445 g/mol. The van der Waals surface area contributed by atoms with Crippen LogP contribution in [0, 0.1) is 5.82 Å². The molecule has 0 atom stereocenters. The van der Waals surface area contributed by atoms with Gasteiger partial charge < -0.3 is 20.3 Å². The summed E-state index contributed by atoms with van der Waals surface area (Å²) >= 11 is 0. The molecule has 0 bridgehead atoms. The molecule has 2 aromatic rings. The molecular formula is C22H28FN5O4. The highest BCUT2D eigenvalue weighted by Crippen LogP contribution is 2.37. The van der Waals surface area contributed by atoms with Crippen molar-refractivity contribution in [1.29, 1.82) is 0 Å². The molecule has 2 aliphatic rings. The number of ether oxygens (including phenoxy) is 1. The van der Waals surface area contributed by atoms with Crippen LogP contribution >= 0.6 is 0 Å². The van der Waals surface area contributed by atoms with Crippen LogP contribution in [0.2, 0.25) is 0 Å². The maximum Gasteiger partial charge on any atom is 0.330 e. The first-order valence-corrected chi connectivity index (χ1v) is 11.0. The fourth-order valence-corrected chi connectivity index (χ4v) is 4.18. The van der Waals surface area contributed by atoms with Crippen LogP contribution in [0.3, 0.4) is 0 Å². The van der Waals surface area contributed by atoms with Crippen LogP contribution in [0.15, 0.2) is 18.3 Å². The number of aliphatic hydroxyl groups is 1. The van der Waals surface area contributed by atoms with Crippen molar-refractivity contribution < 1.29 is 24.1 Å². The van der Waals surface area contributed by atoms with Gasteiger partial charge in [-0.3, -0.25) is 9.80 Å². The Hall–Kier alpha value is -3.14. The molecule has 1 saturated carbocycles. The number of phenols is 1. The van der Waals surface area contributed by atoms with Crippen molar-refractivity contribution in [2.75, 3.05) is 28.3 Å². The van der Waals surface area contributed by atoms with Gasteiger partial charge in [0.2, 0.25) is 5.95 Å². The predicted molar refractivity (Wildman–Crippen MR) is 118 cm³/mol. The number of benzene rings is 1. The average molecular weight is 445 g/mol. The third-order valence-corrected chi connectivity index (χ3v) is 5.84. The molecule has 32 heavy (non-hydrogen) atoms. The van der Waals surface area contributed by atoms with Crippen molar-refractivity contribution in [3.8, 4) is 11.5 Å². The number of nitrogens with one attached hydrogen (secondary N) is 1. The zero-order chi connectivity index (χ0) is 22.8. The van der Waals surface area contributed by atoms with Crippen LogP contribution in [0.5, 0.6) is 11.5 Å². The summed E-state index contributed by atoms with van der Waals surface area (Å²) in [5.74, 6) is -0.294. The molecule has 0 radical (unpaired) electrons. The summed E-state index contributed by atoms with van der Waals surface area (Å²) in [6.07, 6.45) is 4.49. The van der Waals surface area contributed by atoms with Crippen molar-refractivity contribution in [3.63, 3.8) is 0 Å². The molecule has 1 aromatic carbocycles. The third kappa shape index (κ3) is 4.27. The summed E-state index contributed by atoms with van der Waals surface area (Å²) in [7, 11) is 0. The number of aliphatic hydroxyl groups excluding tert-OH is 1. The zero-order valence-electron chi connectivity index (χ0n) is 18.2. The maximum absolute atomic E-state index is 14.8. The lowest BCUT2D eigenvalue weighted by Gasteiger charge is -2.36. The Morgan fingerprint density at radius 3 is 2.69 bits per heavy atom. The topological polar surface area (TPSA) is 111 Å². The summed E-state index contributed by atoms with van der Waals surface area (Å²) in [6.45, 7) is 4.32. The number of carbonyl (C=O) groups is 1. The number of halogens is 1. The Balaban J connectivity index is 1.62. The Morgan fingerprint density at radius 2 is 2.00 bits per heavy atom. The number of nitrogens with zero attached hydrogens (tertiary/aromatic N) is 4. The van der Waals surface area contributed by atoms with E-state index in [4.69, 9.17) is 4.74 Å². The second kappa shape index (κ2) is 9.15. The largest absolute Gasteiger partial charge is 0.505 e. The first-order valence-electron chi connectivity index (χ1n) is 11.0. The molecule has 2 heterocycles. The Kier molecular flexibility index (Phi) is 6.31. The highest BCUT2D eigenvalue weighted by molar-refractivity contribution is 6.05. The summed E-state index contributed by atoms with van der Waals surface area (Å²) in [6, 6.07) is 2.31. The Morgan fingerprint density at radius 1 is 1.25 bits per heavy atom. The number of phenolic OH excluding ortho intramolecular Hbond substituents is 1. The number of amides is 2. The van der Waals surface area contributed by atoms with Crippen molar-refractivity contribution in [2.45, 2.75) is 58.2 Å². The van der Waals surface area contributed by atoms with Gasteiger partial charge in [-0.2, -0.15) is 4.98 Å². The fourth-order valence-electron chi connectivity index (χ4n) is 4.18. The van der Waals surface area contributed by atoms with Crippen molar-refractivity contribution in [1.82, 2.24) is 9.97 Å². The van der Waals surface area contributed by atoms with Crippen molar-refractivity contribution in [2.24, 2.45) is 0 Å². The molecule has 0 unspecified atom stereocenters. The van der Waals surface area contributed by atoms with E-state index >= 15 is 0 Å². The van der Waals surface area contributed by atoms with Gasteiger partial charge in [0.05, 0.1) is 24.9 Å². The highest BCUT2D eigenvalue weighted by atomic mass is 19.1. The normalized spacial score (nSPS) is 20.8. The lowest BCUT2D eigenvalue weighted by atomic mass is 9.93. The van der Waals surface area contributed by atoms with Crippen LogP contribution in [-0.4, -0.2) is 51.5 Å². The Bertz CT molecular complexity index is 997. The summed E-state index contributed by atoms with van der Waals surface area (Å²) in [4.78, 5) is 24.9. The van der Waals surface area contributed by atoms with Crippen LogP contribution in [0.1, 0.15) is 45.1 Å². The van der Waals surface area contributed by atoms with Gasteiger partial charge in [-0.15, -0.1) is 0 Å². The number of anilines is 3. The van der Waals surface area contributed by atoms with Gasteiger partial charge in [-0.25, -0.2) is 14.2 Å². The molecule has 172 valence electrons. The number of hydrogen-bond donors (Lipinski definition) is 3. The maximum atomic E-state index is 14.8. The highest BCUT2D eigenvalue weighted by Gasteiger charge is 2.34. The van der Waals surface area contributed by atoms with E-state index in [2.05, 4.69) is 15.3 Å². The lowest BCUT2D eigenvalue weighted by molar-refractivity contribution is 0.126. The molecule has 3 N–H and O–H groups in total. The van der Waals surface area contributed by atoms with E-state index in [-0.39, 0.29) is 30.1 Å². The van der Waals surface area contributed by atoms with E-state index < -0.39 is 17.6 Å². The van der Waals surface area contributed by atoms with Gasteiger partial charge in [0, 0.05) is 36.5 Å². The lowest BCUT2D eigenvalue weighted by Crippen LogP contribution is -2.48. The number of fused-ring (bicyclic) bond motifs is 1. The van der Waals surface area contributed by atoms with Gasteiger partial charge in [0.1, 0.15) is 11.6 Å². The Labute approximate surface area is 185 Å². The van der Waals surface area contributed by atoms with E-state index in [9.17, 15) is 19.4 Å². The van der Waals surface area contributed by atoms with E-state index in [1.807, 2.05) is 6.92 Å². The summed E-state index contributed by atoms with van der Waals surface area (Å²) in [5, 5.41) is 23.0. The molecule has 1 aliphatic heterocycles. The number of aromatic nitrogens is 2. The molecule has 4 rings (SSSR count). The van der Waals surface area contributed by atoms with Crippen LogP contribution < -0.4 is 19.9 Å². The number of hydrogen-bond acceptors (Lipinski definition) is 7. The number of rotatable bonds is 6. The minimum absolute atomic E-state index is 0.0620. The molecule has 2 amide bonds. The third-order valence-electron chi connectivity index (χ3n) is 5.84. The van der Waals surface area contributed by atoms with Crippen molar-refractivity contribution in [3.05, 3.63) is 29.7 Å². The molecule has 1 aliphatic carbocycles. The molecule has 0 spiro atoms. The van der Waals surface area contributed by atoms with E-state index in [1.54, 1.807) is 13.1 Å². The van der Waals surface area contributed by atoms with Gasteiger partial charge in [0.25, 0.3) is 0 Å². The number of urea groups is 1.